The second-order valence-corrected chi connectivity index (χ2v) is 11.3. The molecular formula is C31H24Br2N2O3S. The lowest BCUT2D eigenvalue weighted by atomic mass is 10.1. The number of amides is 1. The minimum Gasteiger partial charge on any atom is -0.490 e. The Balaban J connectivity index is 1.47. The monoisotopic (exact) mass is 662 g/mol. The molecule has 5 nitrogen and oxygen atoms in total. The van der Waals surface area contributed by atoms with Gasteiger partial charge in [-0.2, -0.15) is 0 Å². The summed E-state index contributed by atoms with van der Waals surface area (Å²) in [6, 6.07) is 30.9. The summed E-state index contributed by atoms with van der Waals surface area (Å²) in [5.74, 6) is 1.09. The maximum Gasteiger partial charge on any atom is 0.271 e. The first-order chi connectivity index (χ1) is 19.0. The number of amidine groups is 1. The van der Waals surface area contributed by atoms with E-state index < -0.39 is 0 Å². The van der Waals surface area contributed by atoms with Crippen LogP contribution < -0.4 is 14.4 Å². The lowest BCUT2D eigenvalue weighted by Gasteiger charge is -2.15. The molecule has 0 radical (unpaired) electrons. The summed E-state index contributed by atoms with van der Waals surface area (Å²) in [5, 5.41) is 0.597. The van der Waals surface area contributed by atoms with Gasteiger partial charge in [0.25, 0.3) is 5.91 Å². The molecule has 0 bridgehead atoms. The number of nitrogens with zero attached hydrogens (tertiary/aromatic N) is 2. The molecule has 0 atom stereocenters. The minimum atomic E-state index is -0.138. The van der Waals surface area contributed by atoms with Gasteiger partial charge in [0.15, 0.2) is 16.7 Å². The second-order valence-electron chi connectivity index (χ2n) is 8.49. The Morgan fingerprint density at radius 2 is 1.54 bits per heavy atom. The van der Waals surface area contributed by atoms with E-state index >= 15 is 0 Å². The van der Waals surface area contributed by atoms with Gasteiger partial charge in [0.2, 0.25) is 0 Å². The molecule has 4 aromatic carbocycles. The molecule has 0 spiro atoms. The molecule has 1 fully saturated rings. The molecule has 1 saturated heterocycles. The van der Waals surface area contributed by atoms with Gasteiger partial charge in [0.1, 0.15) is 6.61 Å². The van der Waals surface area contributed by atoms with Gasteiger partial charge < -0.3 is 9.47 Å². The van der Waals surface area contributed by atoms with E-state index in [-0.39, 0.29) is 5.91 Å². The third-order valence-electron chi connectivity index (χ3n) is 5.76. The molecule has 1 aliphatic rings. The smallest absolute Gasteiger partial charge is 0.271 e. The van der Waals surface area contributed by atoms with E-state index in [4.69, 9.17) is 14.5 Å². The number of rotatable bonds is 8. The zero-order valence-electron chi connectivity index (χ0n) is 21.0. The van der Waals surface area contributed by atoms with Crippen LogP contribution in [0.25, 0.3) is 6.08 Å². The van der Waals surface area contributed by atoms with Gasteiger partial charge in [-0.25, -0.2) is 4.99 Å². The normalized spacial score (nSPS) is 15.3. The molecule has 5 rings (SSSR count). The maximum atomic E-state index is 13.7. The Labute approximate surface area is 248 Å². The molecule has 0 saturated carbocycles. The second kappa shape index (κ2) is 12.7. The van der Waals surface area contributed by atoms with Crippen molar-refractivity contribution < 1.29 is 14.3 Å². The zero-order chi connectivity index (χ0) is 27.2. The summed E-state index contributed by atoms with van der Waals surface area (Å²) < 4.78 is 13.8. The Kier molecular flexibility index (Phi) is 8.86. The van der Waals surface area contributed by atoms with E-state index in [9.17, 15) is 4.79 Å². The molecule has 1 amide bonds. The van der Waals surface area contributed by atoms with Gasteiger partial charge in [-0.15, -0.1) is 0 Å². The summed E-state index contributed by atoms with van der Waals surface area (Å²) >= 11 is 8.48. The van der Waals surface area contributed by atoms with Crippen LogP contribution in [0.5, 0.6) is 11.5 Å². The van der Waals surface area contributed by atoms with Crippen LogP contribution in [0.2, 0.25) is 0 Å². The number of carbonyl (C=O) groups is 1. The van der Waals surface area contributed by atoms with Crippen molar-refractivity contribution >= 4 is 72.1 Å². The number of anilines is 1. The molecule has 39 heavy (non-hydrogen) atoms. The molecule has 1 heterocycles. The number of aliphatic imine (C=N–C) groups is 1. The Morgan fingerprint density at radius 3 is 2.23 bits per heavy atom. The fourth-order valence-electron chi connectivity index (χ4n) is 3.89. The Hall–Kier alpha value is -3.33. The predicted molar refractivity (Wildman–Crippen MR) is 167 cm³/mol. The average Bonchev–Trinajstić information content (AvgIpc) is 3.25. The van der Waals surface area contributed by atoms with E-state index in [2.05, 4.69) is 31.9 Å². The highest BCUT2D eigenvalue weighted by Gasteiger charge is 2.35. The average molecular weight is 664 g/mol. The third-order valence-corrected chi connectivity index (χ3v) is 7.94. The lowest BCUT2D eigenvalue weighted by Crippen LogP contribution is -2.28. The number of benzene rings is 4. The van der Waals surface area contributed by atoms with Gasteiger partial charge in [-0.3, -0.25) is 9.69 Å². The van der Waals surface area contributed by atoms with Crippen molar-refractivity contribution in [1.29, 1.82) is 0 Å². The van der Waals surface area contributed by atoms with E-state index in [1.807, 2.05) is 110 Å². The number of carbonyl (C=O) groups excluding carboxylic acids is 1. The van der Waals surface area contributed by atoms with Gasteiger partial charge in [-0.05, 0) is 84.4 Å². The molecular weight excluding hydrogens is 640 g/mol. The van der Waals surface area contributed by atoms with Crippen LogP contribution in [0.15, 0.2) is 116 Å². The van der Waals surface area contributed by atoms with Gasteiger partial charge in [-0.1, -0.05) is 80.4 Å². The fraction of sp³-hybridized carbons (Fsp3) is 0.0968. The molecule has 0 unspecified atom stereocenters. The lowest BCUT2D eigenvalue weighted by molar-refractivity contribution is -0.113. The van der Waals surface area contributed by atoms with Crippen molar-refractivity contribution in [3.05, 3.63) is 122 Å². The van der Waals surface area contributed by atoms with Crippen molar-refractivity contribution in [3.63, 3.8) is 0 Å². The van der Waals surface area contributed by atoms with Crippen molar-refractivity contribution in [2.24, 2.45) is 4.99 Å². The molecule has 1 aliphatic heterocycles. The molecule has 8 heteroatoms. The topological polar surface area (TPSA) is 51.1 Å². The Bertz CT molecular complexity index is 1530. The molecule has 196 valence electrons. The van der Waals surface area contributed by atoms with Crippen molar-refractivity contribution in [1.82, 2.24) is 0 Å². The van der Waals surface area contributed by atoms with Crippen LogP contribution >= 0.6 is 43.6 Å². The Morgan fingerprint density at radius 1 is 0.872 bits per heavy atom. The summed E-state index contributed by atoms with van der Waals surface area (Å²) in [6.45, 7) is 2.81. The third kappa shape index (κ3) is 6.64. The summed E-state index contributed by atoms with van der Waals surface area (Å²) in [7, 11) is 0. The van der Waals surface area contributed by atoms with E-state index in [0.717, 1.165) is 31.4 Å². The number of thioether (sulfide) groups is 1. The number of halogens is 2. The standard InChI is InChI=1S/C31H24Br2N2O3S/c1-2-37-27-17-22(26(33)19-28(27)38-20-21-13-15-23(32)16-14-21)18-29-30(36)35(25-11-7-4-8-12-25)31(39-29)34-24-9-5-3-6-10-24/h3-19H,2,20H2,1H3/b29-18-,34-31?. The van der Waals surface area contributed by atoms with Crippen LogP contribution in [-0.2, 0) is 11.4 Å². The first kappa shape index (κ1) is 27.2. The van der Waals surface area contributed by atoms with Gasteiger partial charge in [0, 0.05) is 8.95 Å². The number of ether oxygens (including phenoxy) is 2. The van der Waals surface area contributed by atoms with Crippen LogP contribution in [0.1, 0.15) is 18.1 Å². The summed E-state index contributed by atoms with van der Waals surface area (Å²) in [5.41, 5.74) is 3.39. The van der Waals surface area contributed by atoms with E-state index in [1.54, 1.807) is 4.90 Å². The molecule has 4 aromatic rings. The van der Waals surface area contributed by atoms with Gasteiger partial charge >= 0.3 is 0 Å². The van der Waals surface area contributed by atoms with E-state index in [1.165, 1.54) is 11.8 Å². The number of hydrogen-bond donors (Lipinski definition) is 0. The minimum absolute atomic E-state index is 0.138. The molecule has 0 N–H and O–H groups in total. The van der Waals surface area contributed by atoms with E-state index in [0.29, 0.717) is 34.8 Å². The van der Waals surface area contributed by atoms with Crippen LogP contribution in [0.4, 0.5) is 11.4 Å². The van der Waals surface area contributed by atoms with Crippen molar-refractivity contribution in [2.75, 3.05) is 11.5 Å². The zero-order valence-corrected chi connectivity index (χ0v) is 25.0. The quantitative estimate of drug-likeness (QED) is 0.177. The fourth-order valence-corrected chi connectivity index (χ4v) is 5.58. The van der Waals surface area contributed by atoms with Crippen LogP contribution in [-0.4, -0.2) is 17.7 Å². The van der Waals surface area contributed by atoms with Gasteiger partial charge in [0.05, 0.1) is 22.9 Å². The van der Waals surface area contributed by atoms with Crippen molar-refractivity contribution in [3.8, 4) is 11.5 Å². The molecule has 0 aliphatic carbocycles. The first-order valence-corrected chi connectivity index (χ1v) is 14.7. The summed E-state index contributed by atoms with van der Waals surface area (Å²) in [6.07, 6.45) is 1.86. The first-order valence-electron chi connectivity index (χ1n) is 12.3. The number of hydrogen-bond acceptors (Lipinski definition) is 5. The molecule has 0 aromatic heterocycles. The van der Waals surface area contributed by atoms with Crippen molar-refractivity contribution in [2.45, 2.75) is 13.5 Å². The largest absolute Gasteiger partial charge is 0.490 e. The van der Waals surface area contributed by atoms with Crippen LogP contribution in [0.3, 0.4) is 0 Å². The number of para-hydroxylation sites is 2. The maximum absolute atomic E-state index is 13.7. The highest BCUT2D eigenvalue weighted by Crippen LogP contribution is 2.40. The highest BCUT2D eigenvalue weighted by molar-refractivity contribution is 9.10. The highest BCUT2D eigenvalue weighted by atomic mass is 79.9. The predicted octanol–water partition coefficient (Wildman–Crippen LogP) is 9.00. The van der Waals surface area contributed by atoms with Crippen LogP contribution in [0, 0.1) is 0 Å². The SMILES string of the molecule is CCOc1cc(/C=C2\SC(=Nc3ccccc3)N(c3ccccc3)C2=O)c(Br)cc1OCc1ccc(Br)cc1. The summed E-state index contributed by atoms with van der Waals surface area (Å²) in [4.78, 5) is 20.7.